The monoisotopic (exact) mass is 352 g/mol. The van der Waals surface area contributed by atoms with E-state index < -0.39 is 28.4 Å². The molecule has 6 nitrogen and oxygen atoms in total. The highest BCUT2D eigenvalue weighted by Crippen LogP contribution is 2.18. The number of nitrogens with one attached hydrogen (secondary N) is 1. The summed E-state index contributed by atoms with van der Waals surface area (Å²) in [4.78, 5) is 11.9. The van der Waals surface area contributed by atoms with E-state index in [9.17, 15) is 17.6 Å². The summed E-state index contributed by atoms with van der Waals surface area (Å²) in [6.45, 7) is -0.397. The lowest BCUT2D eigenvalue weighted by Gasteiger charge is -2.13. The van der Waals surface area contributed by atoms with Crippen molar-refractivity contribution in [1.29, 1.82) is 0 Å². The molecule has 0 bridgehead atoms. The molecule has 2 rings (SSSR count). The minimum absolute atomic E-state index is 0.0309. The molecule has 1 amide bonds. The Morgan fingerprint density at radius 2 is 1.88 bits per heavy atom. The summed E-state index contributed by atoms with van der Waals surface area (Å²) in [7, 11) is -0.756. The number of nitrogens with zero attached hydrogens (tertiary/aromatic N) is 1. The third-order valence-corrected chi connectivity index (χ3v) is 4.90. The molecule has 0 aromatic heterocycles. The van der Waals surface area contributed by atoms with Gasteiger partial charge in [0.1, 0.15) is 0 Å². The Bertz CT molecular complexity index is 837. The first kappa shape index (κ1) is 17.9. The molecule has 2 aromatic carbocycles. The number of anilines is 1. The van der Waals surface area contributed by atoms with Gasteiger partial charge in [0.15, 0.2) is 18.2 Å². The van der Waals surface area contributed by atoms with Crippen LogP contribution in [0.5, 0.6) is 5.75 Å². The van der Waals surface area contributed by atoms with Crippen molar-refractivity contribution in [2.75, 3.05) is 26.0 Å². The van der Waals surface area contributed by atoms with Crippen LogP contribution >= 0.6 is 0 Å². The van der Waals surface area contributed by atoms with Crippen LogP contribution < -0.4 is 10.1 Å². The molecule has 0 fully saturated rings. The number of rotatable bonds is 6. The van der Waals surface area contributed by atoms with Gasteiger partial charge >= 0.3 is 0 Å². The number of hydrogen-bond donors (Lipinski definition) is 1. The third kappa shape index (κ3) is 4.30. The smallest absolute Gasteiger partial charge is 0.262 e. The molecule has 0 saturated heterocycles. The number of benzene rings is 2. The van der Waals surface area contributed by atoms with Crippen LogP contribution in [0.25, 0.3) is 0 Å². The molecule has 0 radical (unpaired) electrons. The van der Waals surface area contributed by atoms with E-state index in [0.29, 0.717) is 5.69 Å². The van der Waals surface area contributed by atoms with E-state index >= 15 is 0 Å². The van der Waals surface area contributed by atoms with Crippen LogP contribution in [0.2, 0.25) is 0 Å². The molecule has 24 heavy (non-hydrogen) atoms. The lowest BCUT2D eigenvalue weighted by Crippen LogP contribution is -2.23. The molecule has 0 spiro atoms. The molecule has 1 N–H and O–H groups in total. The van der Waals surface area contributed by atoms with E-state index in [-0.39, 0.29) is 10.6 Å². The molecule has 8 heteroatoms. The van der Waals surface area contributed by atoms with Gasteiger partial charge in [0, 0.05) is 19.8 Å². The van der Waals surface area contributed by atoms with Crippen molar-refractivity contribution in [3.63, 3.8) is 0 Å². The molecule has 128 valence electrons. The Hall–Kier alpha value is -2.45. The van der Waals surface area contributed by atoms with E-state index in [1.165, 1.54) is 50.5 Å². The molecular formula is C16H17FN2O4S. The van der Waals surface area contributed by atoms with Gasteiger partial charge in [-0.05, 0) is 30.3 Å². The number of ether oxygens (including phenoxy) is 1. The fourth-order valence-corrected chi connectivity index (χ4v) is 2.80. The zero-order valence-corrected chi connectivity index (χ0v) is 14.0. The molecule has 0 aliphatic carbocycles. The van der Waals surface area contributed by atoms with E-state index in [4.69, 9.17) is 4.74 Å². The molecule has 0 unspecified atom stereocenters. The summed E-state index contributed by atoms with van der Waals surface area (Å²) in [5.74, 6) is -1.13. The van der Waals surface area contributed by atoms with Gasteiger partial charge in [-0.2, -0.15) is 0 Å². The second kappa shape index (κ2) is 7.41. The van der Waals surface area contributed by atoms with Gasteiger partial charge in [-0.1, -0.05) is 18.2 Å². The third-order valence-electron chi connectivity index (χ3n) is 3.09. The van der Waals surface area contributed by atoms with Crippen molar-refractivity contribution >= 4 is 21.6 Å². The largest absolute Gasteiger partial charge is 0.481 e. The van der Waals surface area contributed by atoms with Crippen LogP contribution in [0.1, 0.15) is 0 Å². The summed E-state index contributed by atoms with van der Waals surface area (Å²) in [6.07, 6.45) is 0. The van der Waals surface area contributed by atoms with Crippen molar-refractivity contribution in [3.05, 3.63) is 54.3 Å². The summed E-state index contributed by atoms with van der Waals surface area (Å²) >= 11 is 0. The highest BCUT2D eigenvalue weighted by Gasteiger charge is 2.17. The number of hydrogen-bond acceptors (Lipinski definition) is 4. The lowest BCUT2D eigenvalue weighted by atomic mass is 10.3. The summed E-state index contributed by atoms with van der Waals surface area (Å²) < 4.78 is 43.7. The van der Waals surface area contributed by atoms with Crippen molar-refractivity contribution in [1.82, 2.24) is 4.31 Å². The summed E-state index contributed by atoms with van der Waals surface area (Å²) in [6, 6.07) is 11.6. The highest BCUT2D eigenvalue weighted by atomic mass is 32.2. The van der Waals surface area contributed by atoms with E-state index in [2.05, 4.69) is 5.32 Å². The van der Waals surface area contributed by atoms with Crippen molar-refractivity contribution in [2.24, 2.45) is 0 Å². The molecule has 0 atom stereocenters. The van der Waals surface area contributed by atoms with Crippen LogP contribution in [-0.2, 0) is 14.8 Å². The molecule has 0 aliphatic heterocycles. The number of amides is 1. The standard InChI is InChI=1S/C16H17FN2O4S/c1-19(2)24(21,22)13-7-5-6-12(10-13)18-16(20)11-23-15-9-4-3-8-14(15)17/h3-10H,11H2,1-2H3,(H,18,20). The maximum atomic E-state index is 13.4. The first-order valence-electron chi connectivity index (χ1n) is 7.00. The fourth-order valence-electron chi connectivity index (χ4n) is 1.85. The van der Waals surface area contributed by atoms with Gasteiger partial charge in [0.05, 0.1) is 4.90 Å². The predicted molar refractivity (Wildman–Crippen MR) is 87.8 cm³/mol. The molecule has 0 saturated carbocycles. The SMILES string of the molecule is CN(C)S(=O)(=O)c1cccc(NC(=O)COc2ccccc2F)c1. The van der Waals surface area contributed by atoms with Gasteiger partial charge in [-0.25, -0.2) is 17.1 Å². The number of halogens is 1. The maximum Gasteiger partial charge on any atom is 0.262 e. The second-order valence-electron chi connectivity index (χ2n) is 5.08. The van der Waals surface area contributed by atoms with Crippen LogP contribution in [0.3, 0.4) is 0 Å². The van der Waals surface area contributed by atoms with E-state index in [1.807, 2.05) is 0 Å². The molecular weight excluding hydrogens is 335 g/mol. The summed E-state index contributed by atoms with van der Waals surface area (Å²) in [5, 5.41) is 2.51. The normalized spacial score (nSPS) is 11.3. The quantitative estimate of drug-likeness (QED) is 0.864. The Morgan fingerprint density at radius 3 is 2.54 bits per heavy atom. The number of sulfonamides is 1. The zero-order valence-electron chi connectivity index (χ0n) is 13.2. The average Bonchev–Trinajstić information content (AvgIpc) is 2.54. The Labute approximate surface area is 139 Å². The van der Waals surface area contributed by atoms with Crippen LogP contribution in [0.4, 0.5) is 10.1 Å². The second-order valence-corrected chi connectivity index (χ2v) is 7.23. The molecule has 2 aromatic rings. The Kier molecular flexibility index (Phi) is 5.53. The highest BCUT2D eigenvalue weighted by molar-refractivity contribution is 7.89. The van der Waals surface area contributed by atoms with Gasteiger partial charge in [0.25, 0.3) is 5.91 Å². The summed E-state index contributed by atoms with van der Waals surface area (Å²) in [5.41, 5.74) is 0.306. The minimum atomic E-state index is -3.59. The van der Waals surface area contributed by atoms with Gasteiger partial charge < -0.3 is 10.1 Å². The molecule has 0 heterocycles. The van der Waals surface area contributed by atoms with Crippen molar-refractivity contribution in [3.8, 4) is 5.75 Å². The Morgan fingerprint density at radius 1 is 1.17 bits per heavy atom. The lowest BCUT2D eigenvalue weighted by molar-refractivity contribution is -0.118. The average molecular weight is 352 g/mol. The van der Waals surface area contributed by atoms with E-state index in [0.717, 1.165) is 4.31 Å². The van der Waals surface area contributed by atoms with Crippen molar-refractivity contribution in [2.45, 2.75) is 4.90 Å². The van der Waals surface area contributed by atoms with Gasteiger partial charge in [0.2, 0.25) is 10.0 Å². The zero-order chi connectivity index (χ0) is 17.7. The fraction of sp³-hybridized carbons (Fsp3) is 0.188. The topological polar surface area (TPSA) is 75.7 Å². The van der Waals surface area contributed by atoms with Crippen LogP contribution in [0.15, 0.2) is 53.4 Å². The van der Waals surface area contributed by atoms with Crippen molar-refractivity contribution < 1.29 is 22.3 Å². The Balaban J connectivity index is 2.04. The molecule has 0 aliphatic rings. The van der Waals surface area contributed by atoms with Crippen LogP contribution in [0, 0.1) is 5.82 Å². The number of carbonyl (C=O) groups excluding carboxylic acids is 1. The number of carbonyl (C=O) groups is 1. The number of para-hydroxylation sites is 1. The predicted octanol–water partition coefficient (Wildman–Crippen LogP) is 2.09. The first-order valence-corrected chi connectivity index (χ1v) is 8.44. The van der Waals surface area contributed by atoms with Crippen LogP contribution in [-0.4, -0.2) is 39.3 Å². The van der Waals surface area contributed by atoms with Gasteiger partial charge in [-0.3, -0.25) is 4.79 Å². The maximum absolute atomic E-state index is 13.4. The van der Waals surface area contributed by atoms with E-state index in [1.54, 1.807) is 12.1 Å². The minimum Gasteiger partial charge on any atom is -0.481 e. The first-order chi connectivity index (χ1) is 11.3. The van der Waals surface area contributed by atoms with Gasteiger partial charge in [-0.15, -0.1) is 0 Å².